The minimum absolute atomic E-state index is 0.0386. The Balaban J connectivity index is 3.00. The van der Waals surface area contributed by atoms with Crippen LogP contribution in [0.4, 0.5) is 10.1 Å². The maximum absolute atomic E-state index is 13.6. The molecule has 1 aromatic carbocycles. The van der Waals surface area contributed by atoms with Crippen molar-refractivity contribution < 1.29 is 14.1 Å². The monoisotopic (exact) mass is 293 g/mol. The van der Waals surface area contributed by atoms with E-state index in [1.807, 2.05) is 19.9 Å². The first-order chi connectivity index (χ1) is 9.86. The predicted octanol–water partition coefficient (Wildman–Crippen LogP) is 2.75. The van der Waals surface area contributed by atoms with Gasteiger partial charge in [0.2, 0.25) is 5.82 Å². The molecule has 1 amide bonds. The molecule has 0 fully saturated rings. The second-order valence-electron chi connectivity index (χ2n) is 4.98. The Labute approximate surface area is 121 Å². The van der Waals surface area contributed by atoms with Gasteiger partial charge in [-0.05, 0) is 18.1 Å². The van der Waals surface area contributed by atoms with Gasteiger partial charge in [0.15, 0.2) is 0 Å². The molecular formula is C14H16FN3O3. The van der Waals surface area contributed by atoms with Crippen molar-refractivity contribution in [1.29, 1.82) is 5.26 Å². The zero-order valence-electron chi connectivity index (χ0n) is 11.9. The number of hydrogen-bond acceptors (Lipinski definition) is 4. The molecular weight excluding hydrogens is 277 g/mol. The molecule has 0 aliphatic heterocycles. The molecule has 0 aliphatic rings. The van der Waals surface area contributed by atoms with Crippen molar-refractivity contribution >= 4 is 11.6 Å². The van der Waals surface area contributed by atoms with Crippen LogP contribution in [-0.2, 0) is 0 Å². The summed E-state index contributed by atoms with van der Waals surface area (Å²) in [5.74, 6) is -1.29. The van der Waals surface area contributed by atoms with E-state index in [4.69, 9.17) is 5.26 Å². The molecule has 0 N–H and O–H groups in total. The fraction of sp³-hybridized carbons (Fsp3) is 0.429. The van der Waals surface area contributed by atoms with E-state index in [9.17, 15) is 19.3 Å². The molecule has 0 unspecified atom stereocenters. The van der Waals surface area contributed by atoms with E-state index in [1.165, 1.54) is 11.0 Å². The van der Waals surface area contributed by atoms with Crippen molar-refractivity contribution in [3.63, 3.8) is 0 Å². The van der Waals surface area contributed by atoms with Crippen LogP contribution in [0, 0.1) is 33.2 Å². The second kappa shape index (κ2) is 7.33. The molecule has 1 aromatic rings. The average Bonchev–Trinajstić information content (AvgIpc) is 2.41. The Kier molecular flexibility index (Phi) is 5.79. The quantitative estimate of drug-likeness (QED) is 0.596. The predicted molar refractivity (Wildman–Crippen MR) is 74.0 cm³/mol. The largest absolute Gasteiger partial charge is 0.337 e. The number of benzene rings is 1. The van der Waals surface area contributed by atoms with E-state index in [0.29, 0.717) is 6.54 Å². The van der Waals surface area contributed by atoms with Gasteiger partial charge in [-0.1, -0.05) is 13.8 Å². The lowest BCUT2D eigenvalue weighted by Crippen LogP contribution is -2.35. The maximum atomic E-state index is 13.6. The van der Waals surface area contributed by atoms with Gasteiger partial charge in [-0.3, -0.25) is 14.9 Å². The van der Waals surface area contributed by atoms with Gasteiger partial charge in [-0.2, -0.15) is 9.65 Å². The molecule has 6 nitrogen and oxygen atoms in total. The number of nitrogens with zero attached hydrogens (tertiary/aromatic N) is 3. The van der Waals surface area contributed by atoms with E-state index in [2.05, 4.69) is 0 Å². The number of amides is 1. The van der Waals surface area contributed by atoms with Gasteiger partial charge in [-0.15, -0.1) is 0 Å². The molecule has 112 valence electrons. The molecule has 0 bridgehead atoms. The number of nitro groups is 1. The Morgan fingerprint density at radius 1 is 1.52 bits per heavy atom. The zero-order chi connectivity index (χ0) is 16.0. The van der Waals surface area contributed by atoms with Crippen LogP contribution in [0.25, 0.3) is 0 Å². The smallest absolute Gasteiger partial charge is 0.304 e. The first-order valence-electron chi connectivity index (χ1n) is 6.47. The molecule has 0 aliphatic carbocycles. The summed E-state index contributed by atoms with van der Waals surface area (Å²) in [5.41, 5.74) is -0.629. The van der Waals surface area contributed by atoms with Gasteiger partial charge in [-0.25, -0.2) is 0 Å². The summed E-state index contributed by atoms with van der Waals surface area (Å²) in [5, 5.41) is 19.2. The lowest BCUT2D eigenvalue weighted by Gasteiger charge is -2.23. The van der Waals surface area contributed by atoms with Gasteiger partial charge in [0.1, 0.15) is 0 Å². The molecule has 0 aromatic heterocycles. The third-order valence-corrected chi connectivity index (χ3v) is 2.76. The van der Waals surface area contributed by atoms with Crippen LogP contribution in [-0.4, -0.2) is 28.8 Å². The number of carbonyl (C=O) groups is 1. The average molecular weight is 293 g/mol. The zero-order valence-corrected chi connectivity index (χ0v) is 11.9. The Hall–Kier alpha value is -2.49. The number of nitro benzene ring substituents is 1. The highest BCUT2D eigenvalue weighted by Gasteiger charge is 2.21. The van der Waals surface area contributed by atoms with Crippen LogP contribution in [0.15, 0.2) is 18.2 Å². The summed E-state index contributed by atoms with van der Waals surface area (Å²) in [6.07, 6.45) is 0.175. The maximum Gasteiger partial charge on any atom is 0.304 e. The van der Waals surface area contributed by atoms with Crippen molar-refractivity contribution in [2.45, 2.75) is 20.3 Å². The Morgan fingerprint density at radius 3 is 2.67 bits per heavy atom. The lowest BCUT2D eigenvalue weighted by atomic mass is 10.1. The van der Waals surface area contributed by atoms with Crippen LogP contribution in [0.1, 0.15) is 30.6 Å². The standard InChI is InChI=1S/C14H16FN3O3/c1-10(2)9-17(7-3-6-16)14(19)11-4-5-13(18(20)21)12(15)8-11/h4-5,8,10H,3,7,9H2,1-2H3. The summed E-state index contributed by atoms with van der Waals surface area (Å²) < 4.78 is 13.6. The van der Waals surface area contributed by atoms with Crippen LogP contribution < -0.4 is 0 Å². The van der Waals surface area contributed by atoms with Crippen molar-refractivity contribution in [1.82, 2.24) is 4.90 Å². The van der Waals surface area contributed by atoms with Gasteiger partial charge in [0, 0.05) is 24.7 Å². The molecule has 0 saturated heterocycles. The van der Waals surface area contributed by atoms with Gasteiger partial charge < -0.3 is 4.90 Å². The van der Waals surface area contributed by atoms with E-state index in [0.717, 1.165) is 12.1 Å². The third kappa shape index (κ3) is 4.53. The number of halogens is 1. The molecule has 7 heteroatoms. The lowest BCUT2D eigenvalue weighted by molar-refractivity contribution is -0.387. The van der Waals surface area contributed by atoms with Crippen molar-refractivity contribution in [3.8, 4) is 6.07 Å². The summed E-state index contributed by atoms with van der Waals surface area (Å²) in [7, 11) is 0. The van der Waals surface area contributed by atoms with Crippen molar-refractivity contribution in [3.05, 3.63) is 39.7 Å². The number of rotatable bonds is 6. The van der Waals surface area contributed by atoms with E-state index >= 15 is 0 Å². The highest BCUT2D eigenvalue weighted by molar-refractivity contribution is 5.94. The van der Waals surface area contributed by atoms with E-state index in [1.54, 1.807) is 0 Å². The van der Waals surface area contributed by atoms with E-state index < -0.39 is 22.3 Å². The van der Waals surface area contributed by atoms with E-state index in [-0.39, 0.29) is 24.4 Å². The summed E-state index contributed by atoms with van der Waals surface area (Å²) in [6, 6.07) is 5.02. The first-order valence-corrected chi connectivity index (χ1v) is 6.47. The number of nitriles is 1. The number of carbonyl (C=O) groups excluding carboxylic acids is 1. The van der Waals surface area contributed by atoms with Crippen molar-refractivity contribution in [2.24, 2.45) is 5.92 Å². The van der Waals surface area contributed by atoms with Crippen LogP contribution >= 0.6 is 0 Å². The Bertz CT molecular complexity index is 581. The molecule has 1 rings (SSSR count). The summed E-state index contributed by atoms with van der Waals surface area (Å²) in [4.78, 5) is 23.5. The topological polar surface area (TPSA) is 87.2 Å². The van der Waals surface area contributed by atoms with Gasteiger partial charge in [0.05, 0.1) is 17.4 Å². The fourth-order valence-corrected chi connectivity index (χ4v) is 1.87. The normalized spacial score (nSPS) is 10.2. The van der Waals surface area contributed by atoms with Gasteiger partial charge in [0.25, 0.3) is 5.91 Å². The van der Waals surface area contributed by atoms with Gasteiger partial charge >= 0.3 is 5.69 Å². The minimum Gasteiger partial charge on any atom is -0.337 e. The van der Waals surface area contributed by atoms with Crippen LogP contribution in [0.5, 0.6) is 0 Å². The molecule has 21 heavy (non-hydrogen) atoms. The summed E-state index contributed by atoms with van der Waals surface area (Å²) >= 11 is 0. The molecule has 0 atom stereocenters. The third-order valence-electron chi connectivity index (χ3n) is 2.76. The molecule has 0 heterocycles. The molecule has 0 radical (unpaired) electrons. The van der Waals surface area contributed by atoms with Crippen LogP contribution in [0.2, 0.25) is 0 Å². The highest BCUT2D eigenvalue weighted by atomic mass is 19.1. The van der Waals surface area contributed by atoms with Crippen LogP contribution in [0.3, 0.4) is 0 Å². The highest BCUT2D eigenvalue weighted by Crippen LogP contribution is 2.19. The Morgan fingerprint density at radius 2 is 2.19 bits per heavy atom. The van der Waals surface area contributed by atoms with Crippen molar-refractivity contribution in [2.75, 3.05) is 13.1 Å². The minimum atomic E-state index is -1.05. The fourth-order valence-electron chi connectivity index (χ4n) is 1.87. The second-order valence-corrected chi connectivity index (χ2v) is 4.98. The first kappa shape index (κ1) is 16.6. The summed E-state index contributed by atoms with van der Waals surface area (Å²) in [6.45, 7) is 4.51. The molecule has 0 spiro atoms. The molecule has 0 saturated carbocycles. The number of hydrogen-bond donors (Lipinski definition) is 0. The SMILES string of the molecule is CC(C)CN(CCC#N)C(=O)c1ccc([N+](=O)[O-])c(F)c1.